The Balaban J connectivity index is 1.90. The molecule has 1 aliphatic carbocycles. The van der Waals surface area contributed by atoms with Gasteiger partial charge in [-0.2, -0.15) is 0 Å². The van der Waals surface area contributed by atoms with Crippen molar-refractivity contribution in [2.24, 2.45) is 5.92 Å². The van der Waals surface area contributed by atoms with E-state index in [1.807, 2.05) is 0 Å². The molecule has 0 bridgehead atoms. The van der Waals surface area contributed by atoms with Gasteiger partial charge < -0.3 is 11.1 Å². The van der Waals surface area contributed by atoms with Crippen LogP contribution in [0.1, 0.15) is 32.6 Å². The SMILES string of the molecule is CC1CCCC(S(=O)CC(=O)Nc2ccc(N)cc2Br)C1. The van der Waals surface area contributed by atoms with Crippen LogP contribution in [0.5, 0.6) is 0 Å². The molecule has 116 valence electrons. The lowest BCUT2D eigenvalue weighted by Crippen LogP contribution is -2.29. The number of carbonyl (C=O) groups excluding carboxylic acids is 1. The van der Waals surface area contributed by atoms with Gasteiger partial charge >= 0.3 is 0 Å². The molecule has 1 aromatic carbocycles. The van der Waals surface area contributed by atoms with Gasteiger partial charge in [-0.15, -0.1) is 0 Å². The van der Waals surface area contributed by atoms with Gasteiger partial charge in [0, 0.05) is 26.2 Å². The number of anilines is 2. The standard InChI is InChI=1S/C15H21BrN2O2S/c1-10-3-2-4-12(7-10)21(20)9-15(19)18-14-6-5-11(17)8-13(14)16/h5-6,8,10,12H,2-4,7,9,17H2,1H3,(H,18,19). The minimum absolute atomic E-state index is 0.0637. The monoisotopic (exact) mass is 372 g/mol. The number of nitrogen functional groups attached to an aromatic ring is 1. The fourth-order valence-electron chi connectivity index (χ4n) is 2.68. The van der Waals surface area contributed by atoms with Crippen LogP contribution in [-0.4, -0.2) is 21.1 Å². The van der Waals surface area contributed by atoms with Crippen molar-refractivity contribution in [3.05, 3.63) is 22.7 Å². The molecule has 0 spiro atoms. The van der Waals surface area contributed by atoms with Gasteiger partial charge in [-0.25, -0.2) is 0 Å². The van der Waals surface area contributed by atoms with E-state index in [1.165, 1.54) is 6.42 Å². The molecule has 0 aromatic heterocycles. The molecule has 6 heteroatoms. The molecule has 1 fully saturated rings. The molecule has 0 saturated heterocycles. The molecule has 4 nitrogen and oxygen atoms in total. The van der Waals surface area contributed by atoms with Crippen molar-refractivity contribution in [3.63, 3.8) is 0 Å². The predicted molar refractivity (Wildman–Crippen MR) is 91.6 cm³/mol. The first kappa shape index (κ1) is 16.5. The van der Waals surface area contributed by atoms with Crippen molar-refractivity contribution in [2.45, 2.75) is 37.9 Å². The summed E-state index contributed by atoms with van der Waals surface area (Å²) in [5.41, 5.74) is 6.94. The number of hydrogen-bond acceptors (Lipinski definition) is 3. The maximum absolute atomic E-state index is 12.3. The third kappa shape index (κ3) is 4.81. The summed E-state index contributed by atoms with van der Waals surface area (Å²) < 4.78 is 13.0. The fourth-order valence-corrected chi connectivity index (χ4v) is 4.72. The quantitative estimate of drug-likeness (QED) is 0.796. The number of hydrogen-bond donors (Lipinski definition) is 2. The summed E-state index contributed by atoms with van der Waals surface area (Å²) >= 11 is 3.36. The van der Waals surface area contributed by atoms with E-state index in [2.05, 4.69) is 28.2 Å². The number of halogens is 1. The largest absolute Gasteiger partial charge is 0.399 e. The zero-order valence-electron chi connectivity index (χ0n) is 12.1. The molecule has 0 aliphatic heterocycles. The minimum atomic E-state index is -1.09. The number of nitrogens with one attached hydrogen (secondary N) is 1. The third-order valence-corrected chi connectivity index (χ3v) is 6.18. The summed E-state index contributed by atoms with van der Waals surface area (Å²) in [5.74, 6) is 0.466. The predicted octanol–water partition coefficient (Wildman–Crippen LogP) is 3.30. The molecule has 3 unspecified atom stereocenters. The first-order valence-corrected chi connectivity index (χ1v) is 9.35. The number of carbonyl (C=O) groups is 1. The molecule has 2 rings (SSSR count). The van der Waals surface area contributed by atoms with E-state index in [1.54, 1.807) is 18.2 Å². The molecule has 1 amide bonds. The highest BCUT2D eigenvalue weighted by molar-refractivity contribution is 9.10. The molecular formula is C15H21BrN2O2S. The van der Waals surface area contributed by atoms with Crippen LogP contribution >= 0.6 is 15.9 Å². The Kier molecular flexibility index (Phi) is 5.81. The van der Waals surface area contributed by atoms with Crippen molar-refractivity contribution in [3.8, 4) is 0 Å². The summed E-state index contributed by atoms with van der Waals surface area (Å²) in [6.45, 7) is 2.19. The van der Waals surface area contributed by atoms with Crippen LogP contribution < -0.4 is 11.1 Å². The second kappa shape index (κ2) is 7.40. The van der Waals surface area contributed by atoms with E-state index >= 15 is 0 Å². The third-order valence-electron chi connectivity index (χ3n) is 3.80. The molecule has 3 atom stereocenters. The smallest absolute Gasteiger partial charge is 0.237 e. The molecule has 1 saturated carbocycles. The number of nitrogens with two attached hydrogens (primary N) is 1. The Labute approximate surface area is 136 Å². The molecular weight excluding hydrogens is 352 g/mol. The van der Waals surface area contributed by atoms with Crippen molar-refractivity contribution in [1.82, 2.24) is 0 Å². The Morgan fingerprint density at radius 2 is 2.24 bits per heavy atom. The van der Waals surface area contributed by atoms with Gasteiger partial charge in [0.2, 0.25) is 5.91 Å². The average Bonchev–Trinajstić information content (AvgIpc) is 2.42. The van der Waals surface area contributed by atoms with Crippen LogP contribution in [0.15, 0.2) is 22.7 Å². The summed E-state index contributed by atoms with van der Waals surface area (Å²) in [6.07, 6.45) is 4.25. The zero-order valence-corrected chi connectivity index (χ0v) is 14.5. The topological polar surface area (TPSA) is 72.2 Å². The molecule has 0 heterocycles. The lowest BCUT2D eigenvalue weighted by Gasteiger charge is -2.25. The fraction of sp³-hybridized carbons (Fsp3) is 0.533. The normalized spacial score (nSPS) is 23.5. The van der Waals surface area contributed by atoms with Crippen LogP contribution in [-0.2, 0) is 15.6 Å². The van der Waals surface area contributed by atoms with Gasteiger partial charge in [-0.3, -0.25) is 9.00 Å². The maximum Gasteiger partial charge on any atom is 0.237 e. The van der Waals surface area contributed by atoms with E-state index < -0.39 is 10.8 Å². The van der Waals surface area contributed by atoms with Gasteiger partial charge in [0.05, 0.1) is 5.69 Å². The summed E-state index contributed by atoms with van der Waals surface area (Å²) in [5, 5.41) is 2.95. The molecule has 3 N–H and O–H groups in total. The highest BCUT2D eigenvalue weighted by Gasteiger charge is 2.25. The molecule has 1 aromatic rings. The maximum atomic E-state index is 12.3. The van der Waals surface area contributed by atoms with E-state index in [0.717, 1.165) is 23.7 Å². The number of amides is 1. The van der Waals surface area contributed by atoms with Gasteiger partial charge in [-0.1, -0.05) is 19.8 Å². The first-order valence-electron chi connectivity index (χ1n) is 7.17. The first-order chi connectivity index (χ1) is 9.95. The van der Waals surface area contributed by atoms with Crippen LogP contribution in [0.25, 0.3) is 0 Å². The lowest BCUT2D eigenvalue weighted by molar-refractivity contribution is -0.113. The van der Waals surface area contributed by atoms with Crippen molar-refractivity contribution >= 4 is 44.0 Å². The van der Waals surface area contributed by atoms with Crippen LogP contribution in [0, 0.1) is 5.92 Å². The number of benzene rings is 1. The van der Waals surface area contributed by atoms with E-state index in [0.29, 0.717) is 17.3 Å². The Hall–Kier alpha value is -0.880. The van der Waals surface area contributed by atoms with Gasteiger partial charge in [0.15, 0.2) is 0 Å². The Morgan fingerprint density at radius 1 is 1.48 bits per heavy atom. The van der Waals surface area contributed by atoms with Crippen molar-refractivity contribution in [2.75, 3.05) is 16.8 Å². The Morgan fingerprint density at radius 3 is 2.90 bits per heavy atom. The van der Waals surface area contributed by atoms with Crippen molar-refractivity contribution in [1.29, 1.82) is 0 Å². The van der Waals surface area contributed by atoms with E-state index in [-0.39, 0.29) is 16.9 Å². The Bertz CT molecular complexity index is 550. The second-order valence-corrected chi connectivity index (χ2v) is 8.28. The van der Waals surface area contributed by atoms with Crippen LogP contribution in [0.4, 0.5) is 11.4 Å². The highest BCUT2D eigenvalue weighted by Crippen LogP contribution is 2.28. The minimum Gasteiger partial charge on any atom is -0.399 e. The van der Waals surface area contributed by atoms with Gasteiger partial charge in [0.1, 0.15) is 5.75 Å². The molecule has 1 aliphatic rings. The molecule has 21 heavy (non-hydrogen) atoms. The summed E-state index contributed by atoms with van der Waals surface area (Å²) in [7, 11) is -1.09. The van der Waals surface area contributed by atoms with Gasteiger partial charge in [0.25, 0.3) is 0 Å². The van der Waals surface area contributed by atoms with Crippen LogP contribution in [0.3, 0.4) is 0 Å². The van der Waals surface area contributed by atoms with E-state index in [4.69, 9.17) is 5.73 Å². The van der Waals surface area contributed by atoms with E-state index in [9.17, 15) is 9.00 Å². The summed E-state index contributed by atoms with van der Waals surface area (Å²) in [4.78, 5) is 12.0. The highest BCUT2D eigenvalue weighted by atomic mass is 79.9. The summed E-state index contributed by atoms with van der Waals surface area (Å²) in [6, 6.07) is 5.19. The average molecular weight is 373 g/mol. The van der Waals surface area contributed by atoms with Crippen LogP contribution in [0.2, 0.25) is 0 Å². The molecule has 0 radical (unpaired) electrons. The zero-order chi connectivity index (χ0) is 15.4. The lowest BCUT2D eigenvalue weighted by atomic mass is 9.91. The van der Waals surface area contributed by atoms with Crippen molar-refractivity contribution < 1.29 is 9.00 Å². The van der Waals surface area contributed by atoms with Gasteiger partial charge in [-0.05, 0) is 52.9 Å². The number of rotatable bonds is 4. The second-order valence-electron chi connectivity index (χ2n) is 5.71.